The van der Waals surface area contributed by atoms with Gasteiger partial charge >= 0.3 is 0 Å². The number of aromatic nitrogens is 4. The summed E-state index contributed by atoms with van der Waals surface area (Å²) >= 11 is 1.84. The van der Waals surface area contributed by atoms with Crippen LogP contribution >= 0.6 is 11.8 Å². The smallest absolute Gasteiger partial charge is 0.166 e. The molecule has 3 rings (SSSR count). The van der Waals surface area contributed by atoms with Crippen LogP contribution in [0, 0.1) is 5.92 Å². The van der Waals surface area contributed by atoms with Gasteiger partial charge in [-0.05, 0) is 12.3 Å². The highest BCUT2D eigenvalue weighted by Gasteiger charge is 2.27. The Hall–Kier alpha value is -1.34. The van der Waals surface area contributed by atoms with Gasteiger partial charge in [-0.15, -0.1) is 11.8 Å². The molecule has 2 aromatic rings. The van der Waals surface area contributed by atoms with Crippen molar-refractivity contribution in [2.24, 2.45) is 5.92 Å². The van der Waals surface area contributed by atoms with E-state index in [1.54, 1.807) is 6.33 Å². The number of hydrogen-bond acceptors (Lipinski definition) is 6. The molecule has 0 spiro atoms. The molecule has 6 nitrogen and oxygen atoms in total. The summed E-state index contributed by atoms with van der Waals surface area (Å²) in [6.07, 6.45) is 4.33. The molecule has 96 valence electrons. The average Bonchev–Trinajstić information content (AvgIpc) is 3.03. The van der Waals surface area contributed by atoms with Gasteiger partial charge in [0.25, 0.3) is 0 Å². The van der Waals surface area contributed by atoms with Crippen LogP contribution in [0.1, 0.15) is 11.8 Å². The van der Waals surface area contributed by atoms with E-state index in [0.717, 1.165) is 29.2 Å². The number of aliphatic hydroxyl groups is 1. The molecule has 2 atom stereocenters. The fourth-order valence-corrected chi connectivity index (χ4v) is 3.69. The summed E-state index contributed by atoms with van der Waals surface area (Å²) in [5.74, 6) is 2.12. The Balaban J connectivity index is 1.98. The highest BCUT2D eigenvalue weighted by molar-refractivity contribution is 7.99. The van der Waals surface area contributed by atoms with E-state index in [4.69, 9.17) is 0 Å². The van der Waals surface area contributed by atoms with Crippen molar-refractivity contribution in [2.75, 3.05) is 24.7 Å². The molecule has 0 amide bonds. The zero-order valence-corrected chi connectivity index (χ0v) is 10.9. The van der Waals surface area contributed by atoms with Crippen molar-refractivity contribution in [3.05, 3.63) is 12.7 Å². The minimum absolute atomic E-state index is 0.257. The first-order valence-corrected chi connectivity index (χ1v) is 6.96. The van der Waals surface area contributed by atoms with Crippen LogP contribution in [0.2, 0.25) is 0 Å². The first kappa shape index (κ1) is 11.7. The van der Waals surface area contributed by atoms with Crippen molar-refractivity contribution in [3.63, 3.8) is 0 Å². The largest absolute Gasteiger partial charge is 0.396 e. The average molecular weight is 265 g/mol. The van der Waals surface area contributed by atoms with Crippen molar-refractivity contribution < 1.29 is 5.11 Å². The van der Waals surface area contributed by atoms with Crippen molar-refractivity contribution in [1.29, 1.82) is 0 Å². The lowest BCUT2D eigenvalue weighted by molar-refractivity contribution is 0.233. The van der Waals surface area contributed by atoms with E-state index in [1.807, 2.05) is 25.1 Å². The Bertz CT molecular complexity index is 557. The molecule has 0 saturated carbocycles. The molecule has 1 fully saturated rings. The molecule has 2 unspecified atom stereocenters. The number of anilines is 1. The standard InChI is InChI=1S/C11H15N5OS/c1-12-10-9-11(14-5-13-10)16(6-15-9)8-2-7(3-17)4-18-8/h5-8,17H,2-4H2,1H3,(H,12,13,14). The van der Waals surface area contributed by atoms with Crippen LogP contribution in [0.25, 0.3) is 11.2 Å². The van der Waals surface area contributed by atoms with E-state index in [-0.39, 0.29) is 6.61 Å². The second-order valence-corrected chi connectivity index (χ2v) is 5.58. The second-order valence-electron chi connectivity index (χ2n) is 4.37. The summed E-state index contributed by atoms with van der Waals surface area (Å²) < 4.78 is 2.08. The predicted octanol–water partition coefficient (Wildman–Crippen LogP) is 1.11. The molecule has 1 aliphatic rings. The minimum Gasteiger partial charge on any atom is -0.396 e. The molecule has 7 heteroatoms. The van der Waals surface area contributed by atoms with E-state index in [2.05, 4.69) is 24.8 Å². The third-order valence-electron chi connectivity index (χ3n) is 3.22. The van der Waals surface area contributed by atoms with Crippen molar-refractivity contribution in [3.8, 4) is 0 Å². The van der Waals surface area contributed by atoms with Crippen LogP contribution in [0.15, 0.2) is 12.7 Å². The van der Waals surface area contributed by atoms with Gasteiger partial charge in [-0.2, -0.15) is 0 Å². The molecular weight excluding hydrogens is 250 g/mol. The van der Waals surface area contributed by atoms with E-state index in [9.17, 15) is 5.11 Å². The maximum absolute atomic E-state index is 9.20. The molecule has 18 heavy (non-hydrogen) atoms. The number of nitrogens with one attached hydrogen (secondary N) is 1. The maximum Gasteiger partial charge on any atom is 0.166 e. The summed E-state index contributed by atoms with van der Waals surface area (Å²) in [4.78, 5) is 12.9. The van der Waals surface area contributed by atoms with Gasteiger partial charge in [0.2, 0.25) is 0 Å². The molecule has 2 aromatic heterocycles. The number of fused-ring (bicyclic) bond motifs is 1. The lowest BCUT2D eigenvalue weighted by atomic mass is 10.1. The van der Waals surface area contributed by atoms with E-state index in [0.29, 0.717) is 11.3 Å². The van der Waals surface area contributed by atoms with E-state index >= 15 is 0 Å². The Morgan fingerprint density at radius 2 is 2.39 bits per heavy atom. The Kier molecular flexibility index (Phi) is 3.09. The topological polar surface area (TPSA) is 75.9 Å². The Morgan fingerprint density at radius 3 is 3.11 bits per heavy atom. The Morgan fingerprint density at radius 1 is 1.50 bits per heavy atom. The molecular formula is C11H15N5OS. The number of rotatable bonds is 3. The molecule has 3 heterocycles. The normalized spacial score (nSPS) is 23.7. The van der Waals surface area contributed by atoms with Gasteiger partial charge in [0.15, 0.2) is 11.5 Å². The molecule has 2 N–H and O–H groups in total. The number of hydrogen-bond donors (Lipinski definition) is 2. The van der Waals surface area contributed by atoms with Crippen molar-refractivity contribution in [1.82, 2.24) is 19.5 Å². The Labute approximate surface area is 109 Å². The van der Waals surface area contributed by atoms with Gasteiger partial charge in [-0.25, -0.2) is 15.0 Å². The molecule has 1 saturated heterocycles. The van der Waals surface area contributed by atoms with Gasteiger partial charge in [-0.1, -0.05) is 0 Å². The highest BCUT2D eigenvalue weighted by Crippen LogP contribution is 2.40. The predicted molar refractivity (Wildman–Crippen MR) is 71.6 cm³/mol. The minimum atomic E-state index is 0.257. The summed E-state index contributed by atoms with van der Waals surface area (Å²) in [5.41, 5.74) is 1.65. The van der Waals surface area contributed by atoms with Gasteiger partial charge in [0.05, 0.1) is 11.7 Å². The molecule has 0 radical (unpaired) electrons. The third kappa shape index (κ3) is 1.83. The summed E-state index contributed by atoms with van der Waals surface area (Å²) in [7, 11) is 1.83. The van der Waals surface area contributed by atoms with Crippen LogP contribution < -0.4 is 5.32 Å². The van der Waals surface area contributed by atoms with Crippen LogP contribution in [-0.4, -0.2) is 44.0 Å². The van der Waals surface area contributed by atoms with Gasteiger partial charge < -0.3 is 15.0 Å². The monoisotopic (exact) mass is 265 g/mol. The lowest BCUT2D eigenvalue weighted by Gasteiger charge is -2.11. The zero-order chi connectivity index (χ0) is 12.5. The number of nitrogens with zero attached hydrogens (tertiary/aromatic N) is 4. The van der Waals surface area contributed by atoms with Gasteiger partial charge in [-0.3, -0.25) is 0 Å². The number of aliphatic hydroxyl groups excluding tert-OH is 1. The molecule has 1 aliphatic heterocycles. The van der Waals surface area contributed by atoms with Crippen molar-refractivity contribution >= 4 is 28.7 Å². The van der Waals surface area contributed by atoms with E-state index < -0.39 is 0 Å². The maximum atomic E-state index is 9.20. The molecule has 0 aliphatic carbocycles. The third-order valence-corrected chi connectivity index (χ3v) is 4.69. The van der Waals surface area contributed by atoms with Crippen molar-refractivity contribution in [2.45, 2.75) is 11.8 Å². The van der Waals surface area contributed by atoms with Gasteiger partial charge in [0.1, 0.15) is 11.8 Å². The van der Waals surface area contributed by atoms with Crippen LogP contribution in [0.4, 0.5) is 5.82 Å². The number of imidazole rings is 1. The first-order valence-electron chi connectivity index (χ1n) is 5.91. The van der Waals surface area contributed by atoms with Crippen LogP contribution in [0.5, 0.6) is 0 Å². The summed E-state index contributed by atoms with van der Waals surface area (Å²) in [6.45, 7) is 0.257. The van der Waals surface area contributed by atoms with Crippen LogP contribution in [0.3, 0.4) is 0 Å². The number of thioether (sulfide) groups is 1. The lowest BCUT2D eigenvalue weighted by Crippen LogP contribution is -2.07. The fourth-order valence-electron chi connectivity index (χ4n) is 2.24. The molecule has 0 aromatic carbocycles. The zero-order valence-electron chi connectivity index (χ0n) is 10.1. The first-order chi connectivity index (χ1) is 8.83. The summed E-state index contributed by atoms with van der Waals surface area (Å²) in [5, 5.41) is 12.5. The molecule has 0 bridgehead atoms. The van der Waals surface area contributed by atoms with Gasteiger partial charge in [0, 0.05) is 19.4 Å². The van der Waals surface area contributed by atoms with E-state index in [1.165, 1.54) is 0 Å². The quantitative estimate of drug-likeness (QED) is 0.866. The fraction of sp³-hybridized carbons (Fsp3) is 0.545. The second kappa shape index (κ2) is 4.74. The summed E-state index contributed by atoms with van der Waals surface area (Å²) in [6, 6.07) is 0. The highest BCUT2D eigenvalue weighted by atomic mass is 32.2. The SMILES string of the molecule is CNc1ncnc2c1ncn2C1CC(CO)CS1. The van der Waals surface area contributed by atoms with Crippen LogP contribution in [-0.2, 0) is 0 Å².